The molecule has 1 heterocycles. The van der Waals surface area contributed by atoms with Gasteiger partial charge in [0.05, 0.1) is 6.67 Å². The molecule has 0 unspecified atom stereocenters. The molecular weight excluding hydrogens is 174 g/mol. The third-order valence-electron chi connectivity index (χ3n) is 1.78. The minimum Gasteiger partial charge on any atom is -0.399 e. The molecule has 0 spiro atoms. The van der Waals surface area contributed by atoms with Gasteiger partial charge in [0.15, 0.2) is 0 Å². The number of nitrogens with two attached hydrogens (primary N) is 1. The van der Waals surface area contributed by atoms with E-state index in [4.69, 9.17) is 5.73 Å². The van der Waals surface area contributed by atoms with E-state index in [9.17, 15) is 0 Å². The molecule has 3 nitrogen and oxygen atoms in total. The van der Waals surface area contributed by atoms with Crippen LogP contribution in [0.2, 0.25) is 0 Å². The van der Waals surface area contributed by atoms with E-state index in [1.807, 2.05) is 37.4 Å². The molecular formula is C11H17N3. The lowest BCUT2D eigenvalue weighted by Gasteiger charge is -2.17. The lowest BCUT2D eigenvalue weighted by Crippen LogP contribution is -2.31. The van der Waals surface area contributed by atoms with Crippen LogP contribution in [0.5, 0.6) is 0 Å². The Morgan fingerprint density at radius 3 is 2.29 bits per heavy atom. The predicted molar refractivity (Wildman–Crippen MR) is 60.6 cm³/mol. The molecule has 3 N–H and O–H groups in total. The van der Waals surface area contributed by atoms with Crippen molar-refractivity contribution in [3.05, 3.63) is 42.6 Å². The molecule has 0 amide bonds. The average molecular weight is 191 g/mol. The number of rotatable bonds is 0. The first-order valence-corrected chi connectivity index (χ1v) is 4.67. The van der Waals surface area contributed by atoms with E-state index in [-0.39, 0.29) is 0 Å². The standard InChI is InChI=1S/C6H7N.C5H10N2/c7-6-4-2-1-3-5-6;1-7-4-2-3-6-5-7/h1-5H,7H2;2,4,6H,3,5H2,1H3. The quantitative estimate of drug-likeness (QED) is 0.607. The van der Waals surface area contributed by atoms with Crippen LogP contribution in [-0.4, -0.2) is 25.2 Å². The summed E-state index contributed by atoms with van der Waals surface area (Å²) in [5, 5.41) is 3.17. The molecule has 0 aliphatic carbocycles. The van der Waals surface area contributed by atoms with Crippen molar-refractivity contribution in [2.75, 3.05) is 26.0 Å². The van der Waals surface area contributed by atoms with Gasteiger partial charge in [-0.25, -0.2) is 0 Å². The summed E-state index contributed by atoms with van der Waals surface area (Å²) in [5.74, 6) is 0. The fraction of sp³-hybridized carbons (Fsp3) is 0.273. The van der Waals surface area contributed by atoms with Gasteiger partial charge in [0, 0.05) is 19.3 Å². The fourth-order valence-corrected chi connectivity index (χ4v) is 1.06. The zero-order valence-electron chi connectivity index (χ0n) is 8.48. The van der Waals surface area contributed by atoms with Crippen LogP contribution in [0.1, 0.15) is 0 Å². The van der Waals surface area contributed by atoms with Gasteiger partial charge in [-0.1, -0.05) is 24.3 Å². The molecule has 0 radical (unpaired) electrons. The number of nitrogen functional groups attached to an aromatic ring is 1. The van der Waals surface area contributed by atoms with Gasteiger partial charge in [0.25, 0.3) is 0 Å². The Kier molecular flexibility index (Phi) is 4.58. The van der Waals surface area contributed by atoms with Crippen molar-refractivity contribution in [3.8, 4) is 0 Å². The Labute approximate surface area is 85.2 Å². The molecule has 76 valence electrons. The average Bonchev–Trinajstić information content (AvgIpc) is 2.21. The van der Waals surface area contributed by atoms with E-state index < -0.39 is 0 Å². The maximum absolute atomic E-state index is 5.36. The third-order valence-corrected chi connectivity index (χ3v) is 1.78. The molecule has 1 aromatic carbocycles. The van der Waals surface area contributed by atoms with E-state index >= 15 is 0 Å². The fourth-order valence-electron chi connectivity index (χ4n) is 1.06. The van der Waals surface area contributed by atoms with Gasteiger partial charge < -0.3 is 10.6 Å². The summed E-state index contributed by atoms with van der Waals surface area (Å²) in [7, 11) is 2.04. The minimum atomic E-state index is 0.822. The van der Waals surface area contributed by atoms with Crippen molar-refractivity contribution in [3.63, 3.8) is 0 Å². The van der Waals surface area contributed by atoms with Crippen LogP contribution in [0.4, 0.5) is 5.69 Å². The highest BCUT2D eigenvalue weighted by Crippen LogP contribution is 1.95. The molecule has 0 atom stereocenters. The lowest BCUT2D eigenvalue weighted by molar-refractivity contribution is 0.399. The molecule has 1 aliphatic heterocycles. The summed E-state index contributed by atoms with van der Waals surface area (Å²) in [5.41, 5.74) is 6.18. The zero-order valence-corrected chi connectivity index (χ0v) is 8.48. The summed E-state index contributed by atoms with van der Waals surface area (Å²) in [6.45, 7) is 2.00. The van der Waals surface area contributed by atoms with Crippen LogP contribution in [-0.2, 0) is 0 Å². The monoisotopic (exact) mass is 191 g/mol. The number of benzene rings is 1. The normalized spacial score (nSPS) is 14.5. The van der Waals surface area contributed by atoms with Crippen molar-refractivity contribution in [1.29, 1.82) is 0 Å². The minimum absolute atomic E-state index is 0.822. The van der Waals surface area contributed by atoms with Gasteiger partial charge in [-0.15, -0.1) is 0 Å². The number of hydrogen-bond donors (Lipinski definition) is 2. The molecule has 1 aromatic rings. The SMILES string of the molecule is CN1C=CCNC1.Nc1ccccc1. The molecule has 0 fully saturated rings. The van der Waals surface area contributed by atoms with E-state index in [2.05, 4.69) is 22.5 Å². The molecule has 0 saturated carbocycles. The van der Waals surface area contributed by atoms with Gasteiger partial charge in [-0.05, 0) is 18.3 Å². The van der Waals surface area contributed by atoms with Crippen molar-refractivity contribution < 1.29 is 0 Å². The topological polar surface area (TPSA) is 41.3 Å². The Hall–Kier alpha value is -1.48. The summed E-state index contributed by atoms with van der Waals surface area (Å²) < 4.78 is 0. The largest absolute Gasteiger partial charge is 0.399 e. The molecule has 3 heteroatoms. The Balaban J connectivity index is 0.000000140. The maximum atomic E-state index is 5.36. The Morgan fingerprint density at radius 1 is 1.29 bits per heavy atom. The van der Waals surface area contributed by atoms with Crippen LogP contribution in [0.3, 0.4) is 0 Å². The van der Waals surface area contributed by atoms with Gasteiger partial charge >= 0.3 is 0 Å². The second kappa shape index (κ2) is 6.05. The van der Waals surface area contributed by atoms with Crippen molar-refractivity contribution in [2.24, 2.45) is 0 Å². The second-order valence-corrected chi connectivity index (χ2v) is 3.16. The molecule has 14 heavy (non-hydrogen) atoms. The molecule has 0 bridgehead atoms. The highest BCUT2D eigenvalue weighted by Gasteiger charge is 1.91. The number of nitrogens with zero attached hydrogens (tertiary/aromatic N) is 1. The van der Waals surface area contributed by atoms with E-state index in [0.717, 1.165) is 18.9 Å². The van der Waals surface area contributed by atoms with E-state index in [1.54, 1.807) is 0 Å². The van der Waals surface area contributed by atoms with Crippen LogP contribution in [0.25, 0.3) is 0 Å². The van der Waals surface area contributed by atoms with Gasteiger partial charge in [0.2, 0.25) is 0 Å². The molecule has 0 aromatic heterocycles. The van der Waals surface area contributed by atoms with Crippen LogP contribution >= 0.6 is 0 Å². The van der Waals surface area contributed by atoms with Crippen LogP contribution < -0.4 is 11.1 Å². The van der Waals surface area contributed by atoms with Crippen molar-refractivity contribution >= 4 is 5.69 Å². The predicted octanol–water partition coefficient (Wildman–Crippen LogP) is 1.26. The zero-order chi connectivity index (χ0) is 10.2. The number of para-hydroxylation sites is 1. The van der Waals surface area contributed by atoms with Gasteiger partial charge in [0.1, 0.15) is 0 Å². The number of anilines is 1. The Morgan fingerprint density at radius 2 is 2.00 bits per heavy atom. The number of nitrogens with one attached hydrogen (secondary N) is 1. The third kappa shape index (κ3) is 4.52. The molecule has 2 rings (SSSR count). The highest BCUT2D eigenvalue weighted by atomic mass is 15.2. The first-order chi connectivity index (χ1) is 6.79. The van der Waals surface area contributed by atoms with E-state index in [1.165, 1.54) is 0 Å². The first kappa shape index (κ1) is 10.6. The first-order valence-electron chi connectivity index (χ1n) is 4.67. The summed E-state index contributed by atoms with van der Waals surface area (Å²) >= 11 is 0. The molecule has 0 saturated heterocycles. The number of hydrogen-bond acceptors (Lipinski definition) is 3. The van der Waals surface area contributed by atoms with Gasteiger partial charge in [-0.2, -0.15) is 0 Å². The van der Waals surface area contributed by atoms with Crippen molar-refractivity contribution in [1.82, 2.24) is 10.2 Å². The van der Waals surface area contributed by atoms with Crippen molar-refractivity contribution in [2.45, 2.75) is 0 Å². The van der Waals surface area contributed by atoms with Crippen LogP contribution in [0.15, 0.2) is 42.6 Å². The van der Waals surface area contributed by atoms with Crippen LogP contribution in [0, 0.1) is 0 Å². The Bertz CT molecular complexity index is 269. The molecule has 1 aliphatic rings. The van der Waals surface area contributed by atoms with E-state index in [0.29, 0.717) is 0 Å². The summed E-state index contributed by atoms with van der Waals surface area (Å²) in [6, 6.07) is 9.49. The smallest absolute Gasteiger partial charge is 0.0675 e. The second-order valence-electron chi connectivity index (χ2n) is 3.16. The van der Waals surface area contributed by atoms with Gasteiger partial charge in [-0.3, -0.25) is 5.32 Å². The highest BCUT2D eigenvalue weighted by molar-refractivity contribution is 5.35. The maximum Gasteiger partial charge on any atom is 0.0675 e. The summed E-state index contributed by atoms with van der Waals surface area (Å²) in [4.78, 5) is 2.10. The summed E-state index contributed by atoms with van der Waals surface area (Å²) in [6.07, 6.45) is 4.18. The lowest BCUT2D eigenvalue weighted by atomic mass is 10.3.